The molecule has 1 N–H and O–H groups in total. The van der Waals surface area contributed by atoms with Crippen molar-refractivity contribution in [3.05, 3.63) is 78.1 Å². The van der Waals surface area contributed by atoms with Crippen LogP contribution in [-0.4, -0.2) is 51.8 Å². The van der Waals surface area contributed by atoms with E-state index >= 15 is 0 Å². The van der Waals surface area contributed by atoms with Crippen LogP contribution in [0.4, 0.5) is 10.1 Å². The first-order valence-corrected chi connectivity index (χ1v) is 12.8. The number of halogens is 1. The number of rotatable bonds is 8. The molecule has 7 nitrogen and oxygen atoms in total. The Balaban J connectivity index is 1.64. The highest BCUT2D eigenvalue weighted by Gasteiger charge is 2.35. The zero-order valence-electron chi connectivity index (χ0n) is 19.7. The topological polar surface area (TPSA) is 79.3 Å². The summed E-state index contributed by atoms with van der Waals surface area (Å²) in [6.45, 7) is 1.89. The van der Waals surface area contributed by atoms with Gasteiger partial charge in [-0.2, -0.15) is 0 Å². The number of para-hydroxylation sites is 1. The number of sulfonamides is 1. The largest absolute Gasteiger partial charge is 0.508 e. The van der Waals surface area contributed by atoms with Gasteiger partial charge in [0.15, 0.2) is 11.5 Å². The highest BCUT2D eigenvalue weighted by Crippen LogP contribution is 2.37. The smallest absolute Gasteiger partial charge is 0.264 e. The lowest BCUT2D eigenvalue weighted by molar-refractivity contribution is 0.204. The second-order valence-electron chi connectivity index (χ2n) is 8.43. The van der Waals surface area contributed by atoms with Gasteiger partial charge in [-0.1, -0.05) is 18.2 Å². The molecule has 0 aromatic heterocycles. The normalized spacial score (nSPS) is 15.1. The van der Waals surface area contributed by atoms with Gasteiger partial charge in [-0.3, -0.25) is 9.21 Å². The van der Waals surface area contributed by atoms with Crippen LogP contribution in [0, 0.1) is 5.82 Å². The highest BCUT2D eigenvalue weighted by atomic mass is 32.2. The van der Waals surface area contributed by atoms with Crippen molar-refractivity contribution < 1.29 is 27.4 Å². The van der Waals surface area contributed by atoms with E-state index in [1.165, 1.54) is 30.7 Å². The second-order valence-corrected chi connectivity index (χ2v) is 10.2. The first kappa shape index (κ1) is 24.8. The lowest BCUT2D eigenvalue weighted by atomic mass is 10.0. The van der Waals surface area contributed by atoms with Crippen LogP contribution in [0.25, 0.3) is 0 Å². The number of hydrogen-bond donors (Lipinski definition) is 1. The molecule has 0 bridgehead atoms. The standard InChI is InChI=1S/C26H29FN2O5S/c1-33-25-12-9-22(17-26(25)34-2)29(35(31,32)23-10-7-20(27)8-11-23)21-13-15-28(16-14-21)18-19-5-3-4-6-24(19)30/h3-12,17,21,30H,13-16,18H2,1-2H3. The van der Waals surface area contributed by atoms with Gasteiger partial charge in [-0.25, -0.2) is 12.8 Å². The van der Waals surface area contributed by atoms with Crippen LogP contribution >= 0.6 is 0 Å². The lowest BCUT2D eigenvalue weighted by Crippen LogP contribution is -2.47. The van der Waals surface area contributed by atoms with Crippen molar-refractivity contribution in [2.75, 3.05) is 31.6 Å². The van der Waals surface area contributed by atoms with Crippen molar-refractivity contribution in [3.63, 3.8) is 0 Å². The average Bonchev–Trinajstić information content (AvgIpc) is 2.86. The van der Waals surface area contributed by atoms with E-state index in [2.05, 4.69) is 4.90 Å². The average molecular weight is 501 g/mol. The Bertz CT molecular complexity index is 1260. The van der Waals surface area contributed by atoms with Crippen molar-refractivity contribution >= 4 is 15.7 Å². The maximum atomic E-state index is 13.8. The minimum Gasteiger partial charge on any atom is -0.508 e. The van der Waals surface area contributed by atoms with Crippen molar-refractivity contribution in [1.29, 1.82) is 0 Å². The molecule has 3 aromatic rings. The number of anilines is 1. The Hall–Kier alpha value is -3.30. The zero-order chi connectivity index (χ0) is 25.0. The summed E-state index contributed by atoms with van der Waals surface area (Å²) in [5.41, 5.74) is 1.28. The molecule has 1 aliphatic rings. The maximum absolute atomic E-state index is 13.8. The van der Waals surface area contributed by atoms with Crippen molar-refractivity contribution in [2.24, 2.45) is 0 Å². The summed E-state index contributed by atoms with van der Waals surface area (Å²) >= 11 is 0. The van der Waals surface area contributed by atoms with Gasteiger partial charge >= 0.3 is 0 Å². The minimum atomic E-state index is -3.99. The summed E-state index contributed by atoms with van der Waals surface area (Å²) in [4.78, 5) is 2.22. The van der Waals surface area contributed by atoms with E-state index in [-0.39, 0.29) is 16.7 Å². The summed E-state index contributed by atoms with van der Waals surface area (Å²) < 4.78 is 53.3. The van der Waals surface area contributed by atoms with Crippen LogP contribution < -0.4 is 13.8 Å². The van der Waals surface area contributed by atoms with Crippen LogP contribution in [-0.2, 0) is 16.6 Å². The molecule has 186 valence electrons. The van der Waals surface area contributed by atoms with E-state index < -0.39 is 15.8 Å². The number of phenols is 1. The molecule has 35 heavy (non-hydrogen) atoms. The molecule has 0 aliphatic carbocycles. The fraction of sp³-hybridized carbons (Fsp3) is 0.308. The lowest BCUT2D eigenvalue weighted by Gasteiger charge is -2.39. The third kappa shape index (κ3) is 5.36. The van der Waals surface area contributed by atoms with E-state index in [1.54, 1.807) is 30.3 Å². The molecule has 0 saturated carbocycles. The van der Waals surface area contributed by atoms with E-state index in [0.29, 0.717) is 49.7 Å². The number of ether oxygens (including phenoxy) is 2. The molecule has 0 spiro atoms. The van der Waals surface area contributed by atoms with Crippen LogP contribution in [0.5, 0.6) is 17.2 Å². The Morgan fingerprint density at radius 1 is 0.971 bits per heavy atom. The molecule has 0 unspecified atom stereocenters. The third-order valence-electron chi connectivity index (χ3n) is 6.27. The second kappa shape index (κ2) is 10.5. The fourth-order valence-corrected chi connectivity index (χ4v) is 6.13. The van der Waals surface area contributed by atoms with Gasteiger partial charge in [0.2, 0.25) is 0 Å². The molecule has 0 atom stereocenters. The Morgan fingerprint density at radius 2 is 1.63 bits per heavy atom. The van der Waals surface area contributed by atoms with Gasteiger partial charge in [-0.15, -0.1) is 0 Å². The monoisotopic (exact) mass is 500 g/mol. The van der Waals surface area contributed by atoms with E-state index in [1.807, 2.05) is 12.1 Å². The molecule has 3 aromatic carbocycles. The number of aromatic hydroxyl groups is 1. The fourth-order valence-electron chi connectivity index (χ4n) is 4.43. The predicted octanol–water partition coefficient (Wildman–Crippen LogP) is 4.41. The number of nitrogens with zero attached hydrogens (tertiary/aromatic N) is 2. The first-order valence-electron chi connectivity index (χ1n) is 11.3. The summed E-state index contributed by atoms with van der Waals surface area (Å²) in [5, 5.41) is 10.1. The van der Waals surface area contributed by atoms with Gasteiger partial charge < -0.3 is 14.6 Å². The highest BCUT2D eigenvalue weighted by molar-refractivity contribution is 7.92. The molecular weight excluding hydrogens is 471 g/mol. The van der Waals surface area contributed by atoms with Gasteiger partial charge in [0.05, 0.1) is 24.8 Å². The summed E-state index contributed by atoms with van der Waals surface area (Å²) in [7, 11) is -0.970. The Labute approximate surface area is 205 Å². The molecule has 1 aliphatic heterocycles. The van der Waals surface area contributed by atoms with Gasteiger partial charge in [-0.05, 0) is 55.3 Å². The van der Waals surface area contributed by atoms with E-state index in [9.17, 15) is 17.9 Å². The van der Waals surface area contributed by atoms with E-state index in [0.717, 1.165) is 17.7 Å². The number of likely N-dealkylation sites (tertiary alicyclic amines) is 1. The number of methoxy groups -OCH3 is 2. The number of phenolic OH excluding ortho intramolecular Hbond substituents is 1. The Kier molecular flexibility index (Phi) is 7.47. The van der Waals surface area contributed by atoms with Crippen LogP contribution in [0.1, 0.15) is 18.4 Å². The van der Waals surface area contributed by atoms with Crippen LogP contribution in [0.3, 0.4) is 0 Å². The maximum Gasteiger partial charge on any atom is 0.264 e. The summed E-state index contributed by atoms with van der Waals surface area (Å²) in [5.74, 6) is 0.661. The number of hydrogen-bond acceptors (Lipinski definition) is 6. The summed E-state index contributed by atoms with van der Waals surface area (Å²) in [6, 6.07) is 16.8. The minimum absolute atomic E-state index is 0.0188. The molecule has 1 fully saturated rings. The van der Waals surface area contributed by atoms with Gasteiger partial charge in [0.25, 0.3) is 10.0 Å². The van der Waals surface area contributed by atoms with Gasteiger partial charge in [0.1, 0.15) is 11.6 Å². The molecule has 1 saturated heterocycles. The van der Waals surface area contributed by atoms with Crippen molar-refractivity contribution in [3.8, 4) is 17.2 Å². The number of benzene rings is 3. The van der Waals surface area contributed by atoms with Crippen LogP contribution in [0.2, 0.25) is 0 Å². The Morgan fingerprint density at radius 3 is 2.26 bits per heavy atom. The van der Waals surface area contributed by atoms with Crippen LogP contribution in [0.15, 0.2) is 71.6 Å². The molecule has 9 heteroatoms. The number of piperidine rings is 1. The first-order chi connectivity index (χ1) is 16.8. The third-order valence-corrected chi connectivity index (χ3v) is 8.16. The summed E-state index contributed by atoms with van der Waals surface area (Å²) in [6.07, 6.45) is 1.17. The van der Waals surface area contributed by atoms with Crippen molar-refractivity contribution in [2.45, 2.75) is 30.3 Å². The van der Waals surface area contributed by atoms with Crippen molar-refractivity contribution in [1.82, 2.24) is 4.90 Å². The molecule has 0 radical (unpaired) electrons. The molecule has 1 heterocycles. The molecular formula is C26H29FN2O5S. The quantitative estimate of drug-likeness (QED) is 0.494. The molecule has 4 rings (SSSR count). The SMILES string of the molecule is COc1ccc(N(C2CCN(Cc3ccccc3O)CC2)S(=O)(=O)c2ccc(F)cc2)cc1OC. The van der Waals surface area contributed by atoms with E-state index in [4.69, 9.17) is 9.47 Å². The predicted molar refractivity (Wildman–Crippen MR) is 132 cm³/mol. The zero-order valence-corrected chi connectivity index (χ0v) is 20.5. The van der Waals surface area contributed by atoms with Gasteiger partial charge in [0, 0.05) is 37.3 Å². The molecule has 0 amide bonds.